The summed E-state index contributed by atoms with van der Waals surface area (Å²) in [5.41, 5.74) is 0.738. The van der Waals surface area contributed by atoms with Crippen LogP contribution >= 0.6 is 11.6 Å². The van der Waals surface area contributed by atoms with Crippen molar-refractivity contribution in [3.05, 3.63) is 64.4 Å². The van der Waals surface area contributed by atoms with Gasteiger partial charge in [-0.1, -0.05) is 41.6 Å². The Kier molecular flexibility index (Phi) is 4.94. The summed E-state index contributed by atoms with van der Waals surface area (Å²) in [4.78, 5) is 12.2. The van der Waals surface area contributed by atoms with Gasteiger partial charge in [0, 0.05) is 5.56 Å². The molecule has 1 amide bonds. The standard InChI is InChI=1S/C16H11ClFNO2/c17-13-8-3-9-14(15(13)18)19-16(21)12-7-2-1-5-11(12)6-4-10-20/h1-3,5,7-9,20H,10H2,(H,19,21). The van der Waals surface area contributed by atoms with Crippen LogP contribution in [0.3, 0.4) is 0 Å². The van der Waals surface area contributed by atoms with Gasteiger partial charge in [-0.2, -0.15) is 0 Å². The van der Waals surface area contributed by atoms with Crippen LogP contribution in [0, 0.1) is 17.7 Å². The minimum Gasteiger partial charge on any atom is -0.384 e. The maximum Gasteiger partial charge on any atom is 0.257 e. The van der Waals surface area contributed by atoms with Crippen molar-refractivity contribution in [2.24, 2.45) is 0 Å². The third-order valence-electron chi connectivity index (χ3n) is 2.67. The van der Waals surface area contributed by atoms with Crippen molar-refractivity contribution in [2.45, 2.75) is 0 Å². The number of hydrogen-bond acceptors (Lipinski definition) is 2. The van der Waals surface area contributed by atoms with Crippen LogP contribution in [0.25, 0.3) is 0 Å². The molecule has 3 nitrogen and oxygen atoms in total. The number of aliphatic hydroxyl groups excluding tert-OH is 1. The predicted molar refractivity (Wildman–Crippen MR) is 79.8 cm³/mol. The van der Waals surface area contributed by atoms with E-state index < -0.39 is 11.7 Å². The van der Waals surface area contributed by atoms with Crippen LogP contribution in [0.5, 0.6) is 0 Å². The molecule has 0 spiro atoms. The molecular formula is C16H11ClFNO2. The number of hydrogen-bond donors (Lipinski definition) is 2. The summed E-state index contributed by atoms with van der Waals surface area (Å²) >= 11 is 5.67. The monoisotopic (exact) mass is 303 g/mol. The van der Waals surface area contributed by atoms with E-state index in [1.54, 1.807) is 30.3 Å². The molecular weight excluding hydrogens is 293 g/mol. The minimum absolute atomic E-state index is 0.00239. The fraction of sp³-hybridized carbons (Fsp3) is 0.0625. The Morgan fingerprint density at radius 3 is 2.76 bits per heavy atom. The van der Waals surface area contributed by atoms with Gasteiger partial charge in [0.15, 0.2) is 5.82 Å². The Bertz CT molecular complexity index is 735. The smallest absolute Gasteiger partial charge is 0.257 e. The first-order valence-electron chi connectivity index (χ1n) is 6.07. The molecule has 0 saturated carbocycles. The third-order valence-corrected chi connectivity index (χ3v) is 2.97. The fourth-order valence-corrected chi connectivity index (χ4v) is 1.89. The highest BCUT2D eigenvalue weighted by Crippen LogP contribution is 2.22. The van der Waals surface area contributed by atoms with Gasteiger partial charge in [-0.3, -0.25) is 4.79 Å². The average molecular weight is 304 g/mol. The Morgan fingerprint density at radius 2 is 2.00 bits per heavy atom. The molecule has 0 atom stereocenters. The van der Waals surface area contributed by atoms with E-state index in [1.165, 1.54) is 12.1 Å². The van der Waals surface area contributed by atoms with Gasteiger partial charge in [0.25, 0.3) is 5.91 Å². The van der Waals surface area contributed by atoms with Crippen molar-refractivity contribution >= 4 is 23.2 Å². The lowest BCUT2D eigenvalue weighted by Gasteiger charge is -2.08. The molecule has 2 aromatic rings. The molecule has 21 heavy (non-hydrogen) atoms. The van der Waals surface area contributed by atoms with Gasteiger partial charge in [-0.05, 0) is 24.3 Å². The lowest BCUT2D eigenvalue weighted by atomic mass is 10.1. The zero-order valence-electron chi connectivity index (χ0n) is 10.9. The second-order valence-electron chi connectivity index (χ2n) is 4.06. The second-order valence-corrected chi connectivity index (χ2v) is 4.47. The number of carbonyl (C=O) groups excluding carboxylic acids is 1. The molecule has 2 N–H and O–H groups in total. The van der Waals surface area contributed by atoms with E-state index in [2.05, 4.69) is 17.2 Å². The highest BCUT2D eigenvalue weighted by atomic mass is 35.5. The molecule has 106 valence electrons. The SMILES string of the molecule is O=C(Nc1cccc(Cl)c1F)c1ccccc1C#CCO. The highest BCUT2D eigenvalue weighted by molar-refractivity contribution is 6.31. The summed E-state index contributed by atoms with van der Waals surface area (Å²) < 4.78 is 13.8. The zero-order chi connectivity index (χ0) is 15.2. The van der Waals surface area contributed by atoms with Crippen molar-refractivity contribution < 1.29 is 14.3 Å². The second kappa shape index (κ2) is 6.89. The number of aliphatic hydroxyl groups is 1. The first-order chi connectivity index (χ1) is 10.1. The lowest BCUT2D eigenvalue weighted by Crippen LogP contribution is -2.14. The maximum atomic E-state index is 13.8. The van der Waals surface area contributed by atoms with Crippen molar-refractivity contribution in [1.82, 2.24) is 0 Å². The molecule has 0 aliphatic rings. The van der Waals surface area contributed by atoms with Gasteiger partial charge in [-0.25, -0.2) is 4.39 Å². The Morgan fingerprint density at radius 1 is 1.24 bits per heavy atom. The number of rotatable bonds is 2. The number of benzene rings is 2. The van der Waals surface area contributed by atoms with Crippen molar-refractivity contribution in [2.75, 3.05) is 11.9 Å². The van der Waals surface area contributed by atoms with E-state index in [9.17, 15) is 9.18 Å². The minimum atomic E-state index is -0.688. The van der Waals surface area contributed by atoms with Gasteiger partial charge in [-0.15, -0.1) is 0 Å². The van der Waals surface area contributed by atoms with Crippen LogP contribution in [0.15, 0.2) is 42.5 Å². The molecule has 0 aliphatic heterocycles. The summed E-state index contributed by atoms with van der Waals surface area (Å²) in [5, 5.41) is 11.1. The van der Waals surface area contributed by atoms with Gasteiger partial charge < -0.3 is 10.4 Å². The van der Waals surface area contributed by atoms with E-state index in [4.69, 9.17) is 16.7 Å². The van der Waals surface area contributed by atoms with E-state index in [-0.39, 0.29) is 22.9 Å². The summed E-state index contributed by atoms with van der Waals surface area (Å²) in [6, 6.07) is 11.0. The van der Waals surface area contributed by atoms with Crippen molar-refractivity contribution in [3.8, 4) is 11.8 Å². The number of carbonyl (C=O) groups is 1. The Labute approximate surface area is 126 Å². The predicted octanol–water partition coefficient (Wildman–Crippen LogP) is 3.08. The largest absolute Gasteiger partial charge is 0.384 e. The normalized spacial score (nSPS) is 9.67. The van der Waals surface area contributed by atoms with Gasteiger partial charge in [0.2, 0.25) is 0 Å². The Balaban J connectivity index is 2.31. The molecule has 0 radical (unpaired) electrons. The maximum absolute atomic E-state index is 13.8. The van der Waals surface area contributed by atoms with Crippen LogP contribution in [-0.2, 0) is 0 Å². The number of nitrogens with one attached hydrogen (secondary N) is 1. The Hall–Kier alpha value is -2.35. The molecule has 0 unspecified atom stereocenters. The van der Waals surface area contributed by atoms with Gasteiger partial charge in [0.05, 0.1) is 16.3 Å². The molecule has 0 heterocycles. The van der Waals surface area contributed by atoms with Crippen LogP contribution in [-0.4, -0.2) is 17.6 Å². The number of anilines is 1. The number of halogens is 2. The summed E-state index contributed by atoms with van der Waals surface area (Å²) in [6.07, 6.45) is 0. The van der Waals surface area contributed by atoms with E-state index >= 15 is 0 Å². The fourth-order valence-electron chi connectivity index (χ4n) is 1.71. The van der Waals surface area contributed by atoms with Crippen LogP contribution in [0.2, 0.25) is 5.02 Å². The molecule has 0 aromatic heterocycles. The lowest BCUT2D eigenvalue weighted by molar-refractivity contribution is 0.102. The molecule has 5 heteroatoms. The molecule has 2 rings (SSSR count). The van der Waals surface area contributed by atoms with E-state index in [0.717, 1.165) is 0 Å². The van der Waals surface area contributed by atoms with Crippen LogP contribution in [0.4, 0.5) is 10.1 Å². The van der Waals surface area contributed by atoms with Crippen molar-refractivity contribution in [3.63, 3.8) is 0 Å². The summed E-state index contributed by atoms with van der Waals surface area (Å²) in [7, 11) is 0. The van der Waals surface area contributed by atoms with Crippen molar-refractivity contribution in [1.29, 1.82) is 0 Å². The van der Waals surface area contributed by atoms with Gasteiger partial charge >= 0.3 is 0 Å². The summed E-state index contributed by atoms with van der Waals surface area (Å²) in [5.74, 6) is 3.96. The zero-order valence-corrected chi connectivity index (χ0v) is 11.6. The molecule has 0 fully saturated rings. The quantitative estimate of drug-likeness (QED) is 0.838. The third kappa shape index (κ3) is 3.60. The average Bonchev–Trinajstić information content (AvgIpc) is 2.50. The summed E-state index contributed by atoms with van der Waals surface area (Å²) in [6.45, 7) is -0.307. The molecule has 2 aromatic carbocycles. The molecule has 0 bridgehead atoms. The molecule has 0 saturated heterocycles. The van der Waals surface area contributed by atoms with Gasteiger partial charge in [0.1, 0.15) is 6.61 Å². The molecule has 0 aliphatic carbocycles. The van der Waals surface area contributed by atoms with E-state index in [0.29, 0.717) is 5.56 Å². The first-order valence-corrected chi connectivity index (χ1v) is 6.45. The topological polar surface area (TPSA) is 49.3 Å². The first kappa shape index (κ1) is 15.0. The van der Waals surface area contributed by atoms with Crippen LogP contribution < -0.4 is 5.32 Å². The van der Waals surface area contributed by atoms with E-state index in [1.807, 2.05) is 0 Å². The highest BCUT2D eigenvalue weighted by Gasteiger charge is 2.13. The number of amides is 1. The van der Waals surface area contributed by atoms with Crippen LogP contribution in [0.1, 0.15) is 15.9 Å².